The molecule has 1 atom stereocenters. The first-order valence-electron chi connectivity index (χ1n) is 5.68. The molecule has 94 valence electrons. The first kappa shape index (κ1) is 13.5. The lowest BCUT2D eigenvalue weighted by Gasteiger charge is -2.24. The maximum absolute atomic E-state index is 11.9. The lowest BCUT2D eigenvalue weighted by molar-refractivity contribution is 0.166. The lowest BCUT2D eigenvalue weighted by atomic mass is 10.1. The van der Waals surface area contributed by atoms with Crippen LogP contribution in [0.1, 0.15) is 18.1 Å². The van der Waals surface area contributed by atoms with Crippen molar-refractivity contribution in [2.24, 2.45) is 0 Å². The van der Waals surface area contributed by atoms with Crippen molar-refractivity contribution in [1.29, 1.82) is 0 Å². The van der Waals surface area contributed by atoms with Gasteiger partial charge >= 0.3 is 6.03 Å². The topological polar surface area (TPSA) is 52.6 Å². The highest BCUT2D eigenvalue weighted by atomic mass is 16.3. The highest BCUT2D eigenvalue weighted by molar-refractivity contribution is 5.90. The molecule has 1 rings (SSSR count). The summed E-state index contributed by atoms with van der Waals surface area (Å²) in [5.41, 5.74) is 3.01. The molecular weight excluding hydrogens is 216 g/mol. The molecule has 0 saturated carbocycles. The van der Waals surface area contributed by atoms with E-state index in [2.05, 4.69) is 5.32 Å². The maximum Gasteiger partial charge on any atom is 0.321 e. The van der Waals surface area contributed by atoms with E-state index < -0.39 is 0 Å². The van der Waals surface area contributed by atoms with Gasteiger partial charge in [-0.3, -0.25) is 0 Å². The largest absolute Gasteiger partial charge is 0.394 e. The van der Waals surface area contributed by atoms with Crippen LogP contribution in [-0.4, -0.2) is 35.7 Å². The predicted octanol–water partition coefficient (Wildman–Crippen LogP) is 2.15. The van der Waals surface area contributed by atoms with Crippen molar-refractivity contribution >= 4 is 11.7 Å². The molecule has 1 unspecified atom stereocenters. The number of amides is 2. The Hall–Kier alpha value is -1.55. The fourth-order valence-corrected chi connectivity index (χ4v) is 1.41. The Bertz CT molecular complexity index is 404. The molecule has 0 saturated heterocycles. The number of carbonyl (C=O) groups is 1. The zero-order valence-electron chi connectivity index (χ0n) is 10.8. The molecule has 4 heteroatoms. The molecule has 0 bridgehead atoms. The van der Waals surface area contributed by atoms with Gasteiger partial charge in [-0.2, -0.15) is 0 Å². The third kappa shape index (κ3) is 3.20. The van der Waals surface area contributed by atoms with Crippen LogP contribution in [0.2, 0.25) is 0 Å². The first-order valence-corrected chi connectivity index (χ1v) is 5.68. The predicted molar refractivity (Wildman–Crippen MR) is 69.2 cm³/mol. The summed E-state index contributed by atoms with van der Waals surface area (Å²) >= 11 is 0. The Labute approximate surface area is 102 Å². The third-order valence-electron chi connectivity index (χ3n) is 3.09. The van der Waals surface area contributed by atoms with Gasteiger partial charge < -0.3 is 15.3 Å². The van der Waals surface area contributed by atoms with Gasteiger partial charge in [-0.05, 0) is 38.0 Å². The number of aryl methyl sites for hydroxylation is 1. The molecule has 1 aromatic carbocycles. The smallest absolute Gasteiger partial charge is 0.321 e. The van der Waals surface area contributed by atoms with Crippen molar-refractivity contribution in [3.63, 3.8) is 0 Å². The summed E-state index contributed by atoms with van der Waals surface area (Å²) in [5.74, 6) is 0. The normalized spacial score (nSPS) is 12.1. The van der Waals surface area contributed by atoms with E-state index in [0.29, 0.717) is 0 Å². The number of nitrogens with one attached hydrogen (secondary N) is 1. The van der Waals surface area contributed by atoms with Gasteiger partial charge in [-0.1, -0.05) is 12.1 Å². The van der Waals surface area contributed by atoms with E-state index in [0.717, 1.165) is 16.8 Å². The van der Waals surface area contributed by atoms with Crippen LogP contribution in [0.15, 0.2) is 18.2 Å². The van der Waals surface area contributed by atoms with E-state index in [9.17, 15) is 4.79 Å². The van der Waals surface area contributed by atoms with Crippen LogP contribution in [0.3, 0.4) is 0 Å². The van der Waals surface area contributed by atoms with Crippen molar-refractivity contribution < 1.29 is 9.90 Å². The molecule has 0 aliphatic carbocycles. The fourth-order valence-electron chi connectivity index (χ4n) is 1.41. The van der Waals surface area contributed by atoms with Gasteiger partial charge in [0.1, 0.15) is 0 Å². The number of aliphatic hydroxyl groups is 1. The van der Waals surface area contributed by atoms with Gasteiger partial charge in [0, 0.05) is 12.7 Å². The molecule has 0 radical (unpaired) electrons. The molecule has 0 heterocycles. The van der Waals surface area contributed by atoms with Gasteiger partial charge in [-0.15, -0.1) is 0 Å². The van der Waals surface area contributed by atoms with Crippen LogP contribution in [0.5, 0.6) is 0 Å². The summed E-state index contributed by atoms with van der Waals surface area (Å²) in [6, 6.07) is 5.39. The molecule has 0 aliphatic rings. The summed E-state index contributed by atoms with van der Waals surface area (Å²) in [6.45, 7) is 5.73. The number of hydrogen-bond acceptors (Lipinski definition) is 2. The average molecular weight is 236 g/mol. The van der Waals surface area contributed by atoms with Gasteiger partial charge in [0.15, 0.2) is 0 Å². The minimum Gasteiger partial charge on any atom is -0.394 e. The summed E-state index contributed by atoms with van der Waals surface area (Å²) < 4.78 is 0. The lowest BCUT2D eigenvalue weighted by Crippen LogP contribution is -2.40. The molecule has 0 fully saturated rings. The second kappa shape index (κ2) is 5.68. The minimum absolute atomic E-state index is 0.0449. The summed E-state index contributed by atoms with van der Waals surface area (Å²) in [6.07, 6.45) is 0. The zero-order chi connectivity index (χ0) is 13.0. The molecule has 2 N–H and O–H groups in total. The summed E-state index contributed by atoms with van der Waals surface area (Å²) in [5, 5.41) is 11.8. The van der Waals surface area contributed by atoms with E-state index in [1.165, 1.54) is 4.90 Å². The molecule has 0 aliphatic heterocycles. The van der Waals surface area contributed by atoms with Crippen LogP contribution in [0.25, 0.3) is 0 Å². The number of rotatable bonds is 3. The maximum atomic E-state index is 11.9. The summed E-state index contributed by atoms with van der Waals surface area (Å²) in [4.78, 5) is 13.4. The molecule has 2 amide bonds. The van der Waals surface area contributed by atoms with Crippen molar-refractivity contribution in [2.75, 3.05) is 19.0 Å². The molecular formula is C13H20N2O2. The molecule has 0 spiro atoms. The quantitative estimate of drug-likeness (QED) is 0.845. The molecule has 17 heavy (non-hydrogen) atoms. The van der Waals surface area contributed by atoms with Gasteiger partial charge in [0.05, 0.1) is 12.6 Å². The SMILES string of the molecule is Cc1cccc(NC(=O)N(C)C(C)CO)c1C. The van der Waals surface area contributed by atoms with Crippen molar-refractivity contribution in [3.05, 3.63) is 29.3 Å². The zero-order valence-corrected chi connectivity index (χ0v) is 10.8. The molecule has 4 nitrogen and oxygen atoms in total. The number of hydrogen-bond donors (Lipinski definition) is 2. The van der Waals surface area contributed by atoms with Crippen LogP contribution >= 0.6 is 0 Å². The monoisotopic (exact) mass is 236 g/mol. The Kier molecular flexibility index (Phi) is 4.52. The molecule has 0 aromatic heterocycles. The summed E-state index contributed by atoms with van der Waals surface area (Å²) in [7, 11) is 1.67. The van der Waals surface area contributed by atoms with Crippen molar-refractivity contribution in [2.45, 2.75) is 26.8 Å². The van der Waals surface area contributed by atoms with E-state index in [1.54, 1.807) is 14.0 Å². The van der Waals surface area contributed by atoms with Crippen LogP contribution in [0, 0.1) is 13.8 Å². The highest BCUT2D eigenvalue weighted by Gasteiger charge is 2.15. The Morgan fingerprint density at radius 1 is 1.47 bits per heavy atom. The molecule has 1 aromatic rings. The van der Waals surface area contributed by atoms with E-state index in [-0.39, 0.29) is 18.7 Å². The van der Waals surface area contributed by atoms with Crippen molar-refractivity contribution in [1.82, 2.24) is 4.90 Å². The van der Waals surface area contributed by atoms with Gasteiger partial charge in [0.25, 0.3) is 0 Å². The number of anilines is 1. The van der Waals surface area contributed by atoms with Crippen molar-refractivity contribution in [3.8, 4) is 0 Å². The number of aliphatic hydroxyl groups excluding tert-OH is 1. The first-order chi connectivity index (χ1) is 7.97. The van der Waals surface area contributed by atoms with E-state index in [4.69, 9.17) is 5.11 Å². The fraction of sp³-hybridized carbons (Fsp3) is 0.462. The van der Waals surface area contributed by atoms with Crippen LogP contribution in [-0.2, 0) is 0 Å². The van der Waals surface area contributed by atoms with Gasteiger partial charge in [0.2, 0.25) is 0 Å². The highest BCUT2D eigenvalue weighted by Crippen LogP contribution is 2.18. The Morgan fingerprint density at radius 2 is 2.12 bits per heavy atom. The second-order valence-corrected chi connectivity index (χ2v) is 4.32. The third-order valence-corrected chi connectivity index (χ3v) is 3.09. The number of carbonyl (C=O) groups excluding carboxylic acids is 1. The second-order valence-electron chi connectivity index (χ2n) is 4.32. The van der Waals surface area contributed by atoms with Gasteiger partial charge in [-0.25, -0.2) is 4.79 Å². The van der Waals surface area contributed by atoms with Crippen LogP contribution in [0.4, 0.5) is 10.5 Å². The van der Waals surface area contributed by atoms with Crippen LogP contribution < -0.4 is 5.32 Å². The van der Waals surface area contributed by atoms with E-state index >= 15 is 0 Å². The number of likely N-dealkylation sites (N-methyl/N-ethyl adjacent to an activating group) is 1. The number of nitrogens with zero attached hydrogens (tertiary/aromatic N) is 1. The number of benzene rings is 1. The average Bonchev–Trinajstić information content (AvgIpc) is 2.32. The minimum atomic E-state index is -0.208. The van der Waals surface area contributed by atoms with E-state index in [1.807, 2.05) is 32.0 Å². The number of urea groups is 1. The standard InChI is InChI=1S/C13H20N2O2/c1-9-6-5-7-12(11(9)3)14-13(17)15(4)10(2)8-16/h5-7,10,16H,8H2,1-4H3,(H,14,17). The Balaban J connectivity index is 2.78. The Morgan fingerprint density at radius 3 is 2.71 bits per heavy atom.